The summed E-state index contributed by atoms with van der Waals surface area (Å²) in [5.74, 6) is -2.87. The molecular formula is C15H9BrClFO3S. The highest BCUT2D eigenvalue weighted by Gasteiger charge is 2.44. The normalized spacial score (nSPS) is 21.4. The number of carbonyl (C=O) groups excluding carboxylic acids is 1. The average molecular weight is 404 g/mol. The Balaban J connectivity index is 2.29. The van der Waals surface area contributed by atoms with Gasteiger partial charge in [-0.1, -0.05) is 33.6 Å². The Morgan fingerprint density at radius 2 is 2.09 bits per heavy atom. The summed E-state index contributed by atoms with van der Waals surface area (Å²) in [4.78, 5) is 12.9. The van der Waals surface area contributed by atoms with E-state index in [4.69, 9.17) is 16.3 Å². The quantitative estimate of drug-likeness (QED) is 0.752. The Hall–Kier alpha value is -1.21. The summed E-state index contributed by atoms with van der Waals surface area (Å²) in [5.41, 5.74) is 0.959. The summed E-state index contributed by atoms with van der Waals surface area (Å²) in [6, 6.07) is 7.33. The second-order valence-electron chi connectivity index (χ2n) is 4.85. The molecule has 0 radical (unpaired) electrons. The van der Waals surface area contributed by atoms with Crippen LogP contribution in [0.15, 0.2) is 34.8 Å². The Morgan fingerprint density at radius 3 is 2.68 bits per heavy atom. The number of thiophene rings is 1. The first-order chi connectivity index (χ1) is 10.3. The molecule has 3 rings (SSSR count). The molecule has 0 saturated carbocycles. The van der Waals surface area contributed by atoms with Gasteiger partial charge in [-0.2, -0.15) is 0 Å². The minimum atomic E-state index is -1.77. The molecule has 1 aliphatic rings. The fraction of sp³-hybridized carbons (Fsp3) is 0.133. The predicted molar refractivity (Wildman–Crippen MR) is 87.0 cm³/mol. The smallest absolute Gasteiger partial charge is 0.342 e. The molecule has 0 fully saturated rings. The molecule has 114 valence electrons. The van der Waals surface area contributed by atoms with Gasteiger partial charge in [-0.25, -0.2) is 9.18 Å². The molecule has 0 aliphatic carbocycles. The number of esters is 1. The van der Waals surface area contributed by atoms with E-state index in [2.05, 4.69) is 15.9 Å². The Labute approximate surface area is 143 Å². The molecule has 1 aromatic carbocycles. The third kappa shape index (κ3) is 2.60. The molecule has 1 unspecified atom stereocenters. The van der Waals surface area contributed by atoms with E-state index in [1.54, 1.807) is 12.1 Å². The fourth-order valence-electron chi connectivity index (χ4n) is 2.35. The maximum atomic E-state index is 13.3. The van der Waals surface area contributed by atoms with Crippen LogP contribution in [0.5, 0.6) is 0 Å². The zero-order valence-corrected chi connectivity index (χ0v) is 14.4. The number of carbonyl (C=O) groups is 1. The van der Waals surface area contributed by atoms with Crippen LogP contribution in [0, 0.1) is 5.82 Å². The highest BCUT2D eigenvalue weighted by atomic mass is 79.9. The lowest BCUT2D eigenvalue weighted by molar-refractivity contribution is -0.169. The van der Waals surface area contributed by atoms with Gasteiger partial charge in [-0.15, -0.1) is 11.3 Å². The van der Waals surface area contributed by atoms with Crippen LogP contribution < -0.4 is 0 Å². The van der Waals surface area contributed by atoms with Crippen LogP contribution in [0.1, 0.15) is 17.4 Å². The van der Waals surface area contributed by atoms with Crippen molar-refractivity contribution < 1.29 is 19.0 Å². The summed E-state index contributed by atoms with van der Waals surface area (Å²) in [6.07, 6.45) is 0. The van der Waals surface area contributed by atoms with Crippen molar-refractivity contribution >= 4 is 56.0 Å². The van der Waals surface area contributed by atoms with Crippen molar-refractivity contribution in [3.05, 3.63) is 55.4 Å². The van der Waals surface area contributed by atoms with Gasteiger partial charge in [0.15, 0.2) is 0 Å². The lowest BCUT2D eigenvalue weighted by Crippen LogP contribution is -2.25. The third-order valence-electron chi connectivity index (χ3n) is 3.23. The number of rotatable bonds is 2. The molecule has 1 aliphatic heterocycles. The largest absolute Gasteiger partial charge is 0.425 e. The molecule has 0 bridgehead atoms. The van der Waals surface area contributed by atoms with Crippen LogP contribution in [0.4, 0.5) is 4.39 Å². The van der Waals surface area contributed by atoms with Crippen molar-refractivity contribution in [2.45, 2.75) is 12.7 Å². The van der Waals surface area contributed by atoms with Crippen LogP contribution in [-0.4, -0.2) is 16.9 Å². The zero-order chi connectivity index (χ0) is 16.1. The number of hydrogen-bond donors (Lipinski definition) is 1. The molecule has 0 spiro atoms. The standard InChI is InChI=1S/C15H9BrClFO3S/c1-15(20)13(10-4-5-11(17)22-10)12(14(19)21-15)8-3-2-7(18)6-9(8)16/h2-6,20H,1H3. The molecule has 22 heavy (non-hydrogen) atoms. The summed E-state index contributed by atoms with van der Waals surface area (Å²) in [7, 11) is 0. The van der Waals surface area contributed by atoms with E-state index in [1.165, 1.54) is 36.5 Å². The number of hydrogen-bond acceptors (Lipinski definition) is 4. The Kier molecular flexibility index (Phi) is 3.89. The average Bonchev–Trinajstić information content (AvgIpc) is 2.90. The minimum Gasteiger partial charge on any atom is -0.425 e. The van der Waals surface area contributed by atoms with E-state index < -0.39 is 17.6 Å². The van der Waals surface area contributed by atoms with Crippen LogP contribution >= 0.6 is 38.9 Å². The van der Waals surface area contributed by atoms with Gasteiger partial charge in [0.25, 0.3) is 0 Å². The molecular weight excluding hydrogens is 395 g/mol. The van der Waals surface area contributed by atoms with E-state index in [0.717, 1.165) is 0 Å². The van der Waals surface area contributed by atoms with Crippen molar-refractivity contribution in [1.82, 2.24) is 0 Å². The summed E-state index contributed by atoms with van der Waals surface area (Å²) < 4.78 is 19.3. The Bertz CT molecular complexity index is 813. The number of aliphatic hydroxyl groups is 1. The van der Waals surface area contributed by atoms with Crippen LogP contribution in [0.3, 0.4) is 0 Å². The zero-order valence-electron chi connectivity index (χ0n) is 11.2. The Morgan fingerprint density at radius 1 is 1.36 bits per heavy atom. The molecule has 1 atom stereocenters. The number of benzene rings is 1. The maximum absolute atomic E-state index is 13.3. The van der Waals surface area contributed by atoms with Gasteiger partial charge in [0.05, 0.1) is 15.5 Å². The molecule has 1 N–H and O–H groups in total. The molecule has 0 amide bonds. The maximum Gasteiger partial charge on any atom is 0.342 e. The van der Waals surface area contributed by atoms with Crippen molar-refractivity contribution in [2.75, 3.05) is 0 Å². The van der Waals surface area contributed by atoms with Gasteiger partial charge >= 0.3 is 5.97 Å². The molecule has 7 heteroatoms. The lowest BCUT2D eigenvalue weighted by atomic mass is 9.96. The van der Waals surface area contributed by atoms with Crippen molar-refractivity contribution in [2.24, 2.45) is 0 Å². The van der Waals surface area contributed by atoms with E-state index >= 15 is 0 Å². The van der Waals surface area contributed by atoms with Crippen molar-refractivity contribution in [1.29, 1.82) is 0 Å². The fourth-order valence-corrected chi connectivity index (χ4v) is 4.09. The first-order valence-electron chi connectivity index (χ1n) is 6.21. The molecule has 3 nitrogen and oxygen atoms in total. The monoisotopic (exact) mass is 402 g/mol. The van der Waals surface area contributed by atoms with Crippen LogP contribution in [0.2, 0.25) is 4.34 Å². The summed E-state index contributed by atoms with van der Waals surface area (Å²) in [6.45, 7) is 1.39. The minimum absolute atomic E-state index is 0.190. The van der Waals surface area contributed by atoms with E-state index in [1.807, 2.05) is 0 Å². The van der Waals surface area contributed by atoms with Gasteiger partial charge in [0, 0.05) is 21.8 Å². The third-order valence-corrected chi connectivity index (χ3v) is 5.13. The van der Waals surface area contributed by atoms with Gasteiger partial charge < -0.3 is 9.84 Å². The van der Waals surface area contributed by atoms with E-state index in [0.29, 0.717) is 24.8 Å². The number of cyclic esters (lactones) is 1. The van der Waals surface area contributed by atoms with Crippen LogP contribution in [0.25, 0.3) is 11.1 Å². The summed E-state index contributed by atoms with van der Waals surface area (Å²) in [5, 5.41) is 10.4. The number of ether oxygens (including phenoxy) is 1. The van der Waals surface area contributed by atoms with Crippen molar-refractivity contribution in [3.63, 3.8) is 0 Å². The predicted octanol–water partition coefficient (Wildman–Crippen LogP) is 4.48. The van der Waals surface area contributed by atoms with E-state index in [9.17, 15) is 14.3 Å². The highest BCUT2D eigenvalue weighted by Crippen LogP contribution is 2.46. The molecule has 0 saturated heterocycles. The van der Waals surface area contributed by atoms with E-state index in [-0.39, 0.29) is 5.57 Å². The van der Waals surface area contributed by atoms with Crippen LogP contribution in [-0.2, 0) is 9.53 Å². The molecule has 1 aromatic heterocycles. The van der Waals surface area contributed by atoms with Gasteiger partial charge in [-0.3, -0.25) is 0 Å². The highest BCUT2D eigenvalue weighted by molar-refractivity contribution is 9.10. The van der Waals surface area contributed by atoms with Crippen molar-refractivity contribution in [3.8, 4) is 0 Å². The van der Waals surface area contributed by atoms with Gasteiger partial charge in [-0.05, 0) is 24.3 Å². The number of halogens is 3. The second kappa shape index (κ2) is 5.45. The first kappa shape index (κ1) is 15.7. The second-order valence-corrected chi connectivity index (χ2v) is 7.42. The molecule has 2 aromatic rings. The first-order valence-corrected chi connectivity index (χ1v) is 8.20. The lowest BCUT2D eigenvalue weighted by Gasteiger charge is -2.18. The molecule has 2 heterocycles. The SMILES string of the molecule is CC1(O)OC(=O)C(c2ccc(F)cc2Br)=C1c1ccc(Cl)s1. The van der Waals surface area contributed by atoms with Gasteiger partial charge in [0.1, 0.15) is 5.82 Å². The summed E-state index contributed by atoms with van der Waals surface area (Å²) >= 11 is 10.4. The topological polar surface area (TPSA) is 46.5 Å². The van der Waals surface area contributed by atoms with Gasteiger partial charge in [0.2, 0.25) is 5.79 Å².